The molecular formula is C11H23NO4S2. The van der Waals surface area contributed by atoms with Crippen molar-refractivity contribution in [2.45, 2.75) is 45.1 Å². The Labute approximate surface area is 111 Å². The van der Waals surface area contributed by atoms with E-state index in [2.05, 4.69) is 0 Å². The van der Waals surface area contributed by atoms with Gasteiger partial charge in [-0.1, -0.05) is 13.3 Å². The number of hydrogen-bond donors (Lipinski definition) is 0. The molecule has 0 saturated carbocycles. The van der Waals surface area contributed by atoms with Crippen LogP contribution in [0.1, 0.15) is 39.0 Å². The summed E-state index contributed by atoms with van der Waals surface area (Å²) in [5.74, 6) is -0.118. The molecule has 1 unspecified atom stereocenters. The third kappa shape index (κ3) is 4.85. The summed E-state index contributed by atoms with van der Waals surface area (Å²) in [6, 6.07) is 0.0991. The highest BCUT2D eigenvalue weighted by Crippen LogP contribution is 2.23. The van der Waals surface area contributed by atoms with Crippen LogP contribution in [0.15, 0.2) is 0 Å². The highest BCUT2D eigenvalue weighted by Gasteiger charge is 2.30. The van der Waals surface area contributed by atoms with Gasteiger partial charge in [0.1, 0.15) is 9.84 Å². The number of nitrogens with zero attached hydrogens (tertiary/aromatic N) is 1. The quantitative estimate of drug-likeness (QED) is 0.733. The zero-order valence-electron chi connectivity index (χ0n) is 11.1. The molecule has 7 heteroatoms. The van der Waals surface area contributed by atoms with Gasteiger partial charge in [-0.15, -0.1) is 0 Å². The van der Waals surface area contributed by atoms with Crippen LogP contribution in [0.2, 0.25) is 0 Å². The van der Waals surface area contributed by atoms with Gasteiger partial charge in [-0.25, -0.2) is 16.8 Å². The SMILES string of the molecule is CCC1CCCCN1S(=O)(=O)CCCS(C)(=O)=O. The van der Waals surface area contributed by atoms with Crippen molar-refractivity contribution in [3.05, 3.63) is 0 Å². The summed E-state index contributed by atoms with van der Waals surface area (Å²) in [6.45, 7) is 2.58. The maximum atomic E-state index is 12.2. The minimum absolute atomic E-state index is 0.0587. The maximum Gasteiger partial charge on any atom is 0.214 e. The van der Waals surface area contributed by atoms with E-state index in [0.717, 1.165) is 31.9 Å². The van der Waals surface area contributed by atoms with Crippen molar-refractivity contribution in [1.29, 1.82) is 0 Å². The second-order valence-corrected chi connectivity index (χ2v) is 9.27. The largest absolute Gasteiger partial charge is 0.229 e. The fraction of sp³-hybridized carbons (Fsp3) is 1.00. The van der Waals surface area contributed by atoms with E-state index in [4.69, 9.17) is 0 Å². The van der Waals surface area contributed by atoms with E-state index in [1.54, 1.807) is 4.31 Å². The van der Waals surface area contributed by atoms with Crippen LogP contribution < -0.4 is 0 Å². The summed E-state index contributed by atoms with van der Waals surface area (Å²) in [5.41, 5.74) is 0. The molecule has 1 fully saturated rings. The summed E-state index contributed by atoms with van der Waals surface area (Å²) in [5, 5.41) is 0. The molecule has 0 aromatic rings. The third-order valence-electron chi connectivity index (χ3n) is 3.32. The smallest absolute Gasteiger partial charge is 0.214 e. The van der Waals surface area contributed by atoms with Crippen LogP contribution in [0, 0.1) is 0 Å². The van der Waals surface area contributed by atoms with Gasteiger partial charge in [-0.05, 0) is 25.7 Å². The van der Waals surface area contributed by atoms with Gasteiger partial charge in [0.25, 0.3) is 0 Å². The molecule has 1 aliphatic rings. The fourth-order valence-corrected chi connectivity index (χ4v) is 5.08. The zero-order valence-corrected chi connectivity index (χ0v) is 12.8. The standard InChI is InChI=1S/C11H23NO4S2/c1-3-11-7-4-5-8-12(11)18(15,16)10-6-9-17(2,13)14/h11H,3-10H2,1-2H3. The molecular weight excluding hydrogens is 274 g/mol. The summed E-state index contributed by atoms with van der Waals surface area (Å²) >= 11 is 0. The van der Waals surface area contributed by atoms with Crippen LogP contribution in [-0.4, -0.2) is 51.5 Å². The van der Waals surface area contributed by atoms with Crippen molar-refractivity contribution in [1.82, 2.24) is 4.31 Å². The first-order valence-electron chi connectivity index (χ1n) is 6.43. The van der Waals surface area contributed by atoms with Gasteiger partial charge >= 0.3 is 0 Å². The van der Waals surface area contributed by atoms with Crippen LogP contribution in [0.25, 0.3) is 0 Å². The van der Waals surface area contributed by atoms with Crippen LogP contribution in [0.4, 0.5) is 0 Å². The average molecular weight is 297 g/mol. The molecule has 0 aromatic carbocycles. The monoisotopic (exact) mass is 297 g/mol. The lowest BCUT2D eigenvalue weighted by atomic mass is 10.0. The molecule has 1 atom stereocenters. The predicted molar refractivity (Wildman–Crippen MR) is 72.8 cm³/mol. The molecule has 18 heavy (non-hydrogen) atoms. The molecule has 0 bridgehead atoms. The number of sulfonamides is 1. The van der Waals surface area contributed by atoms with E-state index < -0.39 is 19.9 Å². The molecule has 1 heterocycles. The van der Waals surface area contributed by atoms with Crippen molar-refractivity contribution in [3.8, 4) is 0 Å². The van der Waals surface area contributed by atoms with Crippen molar-refractivity contribution in [3.63, 3.8) is 0 Å². The van der Waals surface area contributed by atoms with E-state index in [9.17, 15) is 16.8 Å². The molecule has 0 aromatic heterocycles. The predicted octanol–water partition coefficient (Wildman–Crippen LogP) is 1.02. The average Bonchev–Trinajstić information content (AvgIpc) is 2.27. The minimum Gasteiger partial charge on any atom is -0.229 e. The van der Waals surface area contributed by atoms with Crippen molar-refractivity contribution in [2.75, 3.05) is 24.3 Å². The van der Waals surface area contributed by atoms with Gasteiger partial charge in [0.15, 0.2) is 0 Å². The lowest BCUT2D eigenvalue weighted by molar-refractivity contribution is 0.246. The van der Waals surface area contributed by atoms with E-state index in [1.807, 2.05) is 6.92 Å². The lowest BCUT2D eigenvalue weighted by Crippen LogP contribution is -2.44. The number of sulfone groups is 1. The second-order valence-electron chi connectivity index (χ2n) is 4.97. The van der Waals surface area contributed by atoms with Gasteiger partial charge < -0.3 is 0 Å². The van der Waals surface area contributed by atoms with Crippen LogP contribution >= 0.6 is 0 Å². The Morgan fingerprint density at radius 3 is 2.33 bits per heavy atom. The molecule has 0 spiro atoms. The Morgan fingerprint density at radius 1 is 1.11 bits per heavy atom. The molecule has 1 saturated heterocycles. The van der Waals surface area contributed by atoms with E-state index in [-0.39, 0.29) is 24.0 Å². The topological polar surface area (TPSA) is 71.5 Å². The highest BCUT2D eigenvalue weighted by molar-refractivity contribution is 7.91. The van der Waals surface area contributed by atoms with Crippen molar-refractivity contribution in [2.24, 2.45) is 0 Å². The Kier molecular flexibility index (Phi) is 5.61. The molecule has 0 aliphatic carbocycles. The van der Waals surface area contributed by atoms with Gasteiger partial charge in [-0.3, -0.25) is 0 Å². The fourth-order valence-electron chi connectivity index (χ4n) is 2.37. The first-order valence-corrected chi connectivity index (χ1v) is 10.1. The Hall–Kier alpha value is -0.140. The van der Waals surface area contributed by atoms with Gasteiger partial charge in [0.05, 0.1) is 11.5 Å². The number of piperidine rings is 1. The van der Waals surface area contributed by atoms with E-state index >= 15 is 0 Å². The normalized spacial score (nSPS) is 23.1. The molecule has 1 aliphatic heterocycles. The third-order valence-corrected chi connectivity index (χ3v) is 6.35. The summed E-state index contributed by atoms with van der Waals surface area (Å²) in [4.78, 5) is 0. The summed E-state index contributed by atoms with van der Waals surface area (Å²) < 4.78 is 47.9. The van der Waals surface area contributed by atoms with Crippen molar-refractivity contribution >= 4 is 19.9 Å². The lowest BCUT2D eigenvalue weighted by Gasteiger charge is -2.34. The van der Waals surface area contributed by atoms with Gasteiger partial charge in [0.2, 0.25) is 10.0 Å². The van der Waals surface area contributed by atoms with Crippen LogP contribution in [0.5, 0.6) is 0 Å². The highest BCUT2D eigenvalue weighted by atomic mass is 32.2. The Bertz CT molecular complexity index is 455. The van der Waals surface area contributed by atoms with Gasteiger partial charge in [-0.2, -0.15) is 4.31 Å². The van der Waals surface area contributed by atoms with Crippen LogP contribution in [-0.2, 0) is 19.9 Å². The summed E-state index contributed by atoms with van der Waals surface area (Å²) in [7, 11) is -6.38. The Morgan fingerprint density at radius 2 is 1.78 bits per heavy atom. The molecule has 1 rings (SSSR count). The Balaban J connectivity index is 2.61. The molecule has 108 valence electrons. The molecule has 5 nitrogen and oxygen atoms in total. The molecule has 0 radical (unpaired) electrons. The zero-order chi connectivity index (χ0) is 13.8. The first-order chi connectivity index (χ1) is 8.26. The number of hydrogen-bond acceptors (Lipinski definition) is 4. The first kappa shape index (κ1) is 15.9. The molecule has 0 N–H and O–H groups in total. The van der Waals surface area contributed by atoms with Crippen LogP contribution in [0.3, 0.4) is 0 Å². The minimum atomic E-state index is -3.30. The maximum absolute atomic E-state index is 12.2. The molecule has 0 amide bonds. The summed E-state index contributed by atoms with van der Waals surface area (Å²) in [6.07, 6.45) is 5.05. The van der Waals surface area contributed by atoms with Gasteiger partial charge in [0, 0.05) is 18.8 Å². The van der Waals surface area contributed by atoms with E-state index in [1.165, 1.54) is 0 Å². The number of rotatable bonds is 6. The van der Waals surface area contributed by atoms with Crippen molar-refractivity contribution < 1.29 is 16.8 Å². The second kappa shape index (κ2) is 6.34. The van der Waals surface area contributed by atoms with E-state index in [0.29, 0.717) is 6.54 Å².